The number of nitrogens with zero attached hydrogens (tertiary/aromatic N) is 1. The molecule has 3 aromatic rings. The fraction of sp³-hybridized carbons (Fsp3) is 0.333. The first kappa shape index (κ1) is 22.6. The molecular formula is C24H28N2O4S. The molecule has 0 fully saturated rings. The molecular weight excluding hydrogens is 412 g/mol. The van der Waals surface area contributed by atoms with E-state index in [1.807, 2.05) is 53.9 Å². The van der Waals surface area contributed by atoms with Crippen LogP contribution in [0.1, 0.15) is 32.6 Å². The summed E-state index contributed by atoms with van der Waals surface area (Å²) in [5.74, 6) is 2.33. The summed E-state index contributed by atoms with van der Waals surface area (Å²) in [7, 11) is 1.63. The van der Waals surface area contributed by atoms with Gasteiger partial charge in [-0.15, -0.1) is 11.3 Å². The van der Waals surface area contributed by atoms with Crippen molar-refractivity contribution in [2.24, 2.45) is 0 Å². The van der Waals surface area contributed by atoms with Gasteiger partial charge in [0.05, 0.1) is 26.0 Å². The van der Waals surface area contributed by atoms with Crippen molar-refractivity contribution in [2.45, 2.75) is 32.6 Å². The Morgan fingerprint density at radius 1 is 0.935 bits per heavy atom. The zero-order valence-corrected chi connectivity index (χ0v) is 18.7. The smallest absolute Gasteiger partial charge is 0.226 e. The number of anilines is 1. The molecule has 0 unspecified atom stereocenters. The van der Waals surface area contributed by atoms with E-state index in [0.29, 0.717) is 24.6 Å². The average molecular weight is 441 g/mol. The van der Waals surface area contributed by atoms with Gasteiger partial charge in [0, 0.05) is 17.4 Å². The third kappa shape index (κ3) is 7.29. The SMILES string of the molecule is CCCCOc1ccc(-c2csc(NC(=O)CCCOc3ccc(OC)cc3)n2)cc1. The first-order valence-corrected chi connectivity index (χ1v) is 11.3. The maximum Gasteiger partial charge on any atom is 0.226 e. The summed E-state index contributed by atoms with van der Waals surface area (Å²) >= 11 is 1.42. The Morgan fingerprint density at radius 3 is 2.19 bits per heavy atom. The molecule has 0 radical (unpaired) electrons. The van der Waals surface area contributed by atoms with Crippen molar-refractivity contribution in [2.75, 3.05) is 25.6 Å². The Morgan fingerprint density at radius 2 is 1.55 bits per heavy atom. The predicted molar refractivity (Wildman–Crippen MR) is 124 cm³/mol. The van der Waals surface area contributed by atoms with Crippen molar-refractivity contribution in [1.82, 2.24) is 4.98 Å². The first-order chi connectivity index (χ1) is 15.2. The number of hydrogen-bond donors (Lipinski definition) is 1. The molecule has 1 N–H and O–H groups in total. The number of amides is 1. The number of benzene rings is 2. The van der Waals surface area contributed by atoms with Gasteiger partial charge in [0.2, 0.25) is 5.91 Å². The maximum atomic E-state index is 12.2. The van der Waals surface area contributed by atoms with Crippen LogP contribution in [0, 0.1) is 0 Å². The fourth-order valence-corrected chi connectivity index (χ4v) is 3.53. The topological polar surface area (TPSA) is 69.7 Å². The number of thiazole rings is 1. The molecule has 31 heavy (non-hydrogen) atoms. The van der Waals surface area contributed by atoms with E-state index >= 15 is 0 Å². The van der Waals surface area contributed by atoms with Gasteiger partial charge in [0.1, 0.15) is 17.2 Å². The molecule has 0 bridgehead atoms. The zero-order valence-electron chi connectivity index (χ0n) is 17.9. The number of carbonyl (C=O) groups excluding carboxylic acids is 1. The largest absolute Gasteiger partial charge is 0.497 e. The highest BCUT2D eigenvalue weighted by atomic mass is 32.1. The second-order valence-electron chi connectivity index (χ2n) is 6.94. The minimum Gasteiger partial charge on any atom is -0.497 e. The second-order valence-corrected chi connectivity index (χ2v) is 7.80. The lowest BCUT2D eigenvalue weighted by Gasteiger charge is -2.07. The maximum absolute atomic E-state index is 12.2. The Labute approximate surface area is 187 Å². The molecule has 6 nitrogen and oxygen atoms in total. The van der Waals surface area contributed by atoms with Crippen molar-refractivity contribution < 1.29 is 19.0 Å². The minimum absolute atomic E-state index is 0.0705. The molecule has 7 heteroatoms. The summed E-state index contributed by atoms with van der Waals surface area (Å²) in [5.41, 5.74) is 1.83. The number of ether oxygens (including phenoxy) is 3. The number of hydrogen-bond acceptors (Lipinski definition) is 6. The van der Waals surface area contributed by atoms with Crippen LogP contribution in [0.15, 0.2) is 53.9 Å². The molecule has 2 aromatic carbocycles. The molecule has 0 aliphatic rings. The number of carbonyl (C=O) groups is 1. The van der Waals surface area contributed by atoms with Gasteiger partial charge in [0.25, 0.3) is 0 Å². The third-order valence-corrected chi connectivity index (χ3v) is 5.30. The summed E-state index contributed by atoms with van der Waals surface area (Å²) in [4.78, 5) is 16.7. The Hall–Kier alpha value is -3.06. The molecule has 0 aliphatic heterocycles. The van der Waals surface area contributed by atoms with Gasteiger partial charge in [-0.3, -0.25) is 4.79 Å². The highest BCUT2D eigenvalue weighted by molar-refractivity contribution is 7.14. The molecule has 0 saturated heterocycles. The lowest BCUT2D eigenvalue weighted by atomic mass is 10.2. The third-order valence-electron chi connectivity index (χ3n) is 4.54. The second kappa shape index (κ2) is 12.0. The Balaban J connectivity index is 1.40. The molecule has 0 spiro atoms. The van der Waals surface area contributed by atoms with Crippen LogP contribution in [0.3, 0.4) is 0 Å². The number of aromatic nitrogens is 1. The van der Waals surface area contributed by atoms with Gasteiger partial charge in [-0.25, -0.2) is 4.98 Å². The van der Waals surface area contributed by atoms with Gasteiger partial charge in [0.15, 0.2) is 5.13 Å². The quantitative estimate of drug-likeness (QED) is 0.361. The van der Waals surface area contributed by atoms with E-state index in [0.717, 1.165) is 48.0 Å². The Bertz CT molecular complexity index is 939. The normalized spacial score (nSPS) is 10.5. The van der Waals surface area contributed by atoms with E-state index < -0.39 is 0 Å². The summed E-state index contributed by atoms with van der Waals surface area (Å²) in [6, 6.07) is 15.2. The van der Waals surface area contributed by atoms with Crippen LogP contribution in [-0.2, 0) is 4.79 Å². The van der Waals surface area contributed by atoms with Crippen LogP contribution >= 0.6 is 11.3 Å². The monoisotopic (exact) mass is 440 g/mol. The van der Waals surface area contributed by atoms with E-state index in [1.54, 1.807) is 7.11 Å². The van der Waals surface area contributed by atoms with Crippen molar-refractivity contribution >= 4 is 22.4 Å². The summed E-state index contributed by atoms with van der Waals surface area (Å²) < 4.78 is 16.5. The minimum atomic E-state index is -0.0705. The van der Waals surface area contributed by atoms with Crippen molar-refractivity contribution in [3.8, 4) is 28.5 Å². The van der Waals surface area contributed by atoms with Crippen molar-refractivity contribution in [1.29, 1.82) is 0 Å². The summed E-state index contributed by atoms with van der Waals surface area (Å²) in [6.07, 6.45) is 3.15. The summed E-state index contributed by atoms with van der Waals surface area (Å²) in [5, 5.41) is 5.40. The van der Waals surface area contributed by atoms with Crippen LogP contribution < -0.4 is 19.5 Å². The molecule has 1 amide bonds. The van der Waals surface area contributed by atoms with Gasteiger partial charge in [-0.2, -0.15) is 0 Å². The zero-order chi connectivity index (χ0) is 21.9. The molecule has 0 atom stereocenters. The van der Waals surface area contributed by atoms with E-state index in [-0.39, 0.29) is 5.91 Å². The van der Waals surface area contributed by atoms with Crippen LogP contribution in [0.25, 0.3) is 11.3 Å². The highest BCUT2D eigenvalue weighted by Gasteiger charge is 2.09. The lowest BCUT2D eigenvalue weighted by Crippen LogP contribution is -2.12. The van der Waals surface area contributed by atoms with Crippen molar-refractivity contribution in [3.63, 3.8) is 0 Å². The van der Waals surface area contributed by atoms with Crippen molar-refractivity contribution in [3.05, 3.63) is 53.9 Å². The molecule has 3 rings (SSSR count). The lowest BCUT2D eigenvalue weighted by molar-refractivity contribution is -0.116. The number of unbranched alkanes of at least 4 members (excludes halogenated alkanes) is 1. The predicted octanol–water partition coefficient (Wildman–Crippen LogP) is 5.80. The fourth-order valence-electron chi connectivity index (χ4n) is 2.80. The van der Waals surface area contributed by atoms with Gasteiger partial charge in [-0.1, -0.05) is 13.3 Å². The molecule has 1 aromatic heterocycles. The highest BCUT2D eigenvalue weighted by Crippen LogP contribution is 2.26. The van der Waals surface area contributed by atoms with E-state index in [4.69, 9.17) is 14.2 Å². The molecule has 0 aliphatic carbocycles. The van der Waals surface area contributed by atoms with Crippen LogP contribution in [0.5, 0.6) is 17.2 Å². The van der Waals surface area contributed by atoms with E-state index in [9.17, 15) is 4.79 Å². The van der Waals surface area contributed by atoms with Crippen LogP contribution in [0.4, 0.5) is 5.13 Å². The van der Waals surface area contributed by atoms with Gasteiger partial charge in [-0.05, 0) is 61.4 Å². The van der Waals surface area contributed by atoms with E-state index in [1.165, 1.54) is 11.3 Å². The van der Waals surface area contributed by atoms with Crippen LogP contribution in [0.2, 0.25) is 0 Å². The number of methoxy groups -OCH3 is 1. The molecule has 1 heterocycles. The summed E-state index contributed by atoms with van der Waals surface area (Å²) in [6.45, 7) is 3.34. The first-order valence-electron chi connectivity index (χ1n) is 10.4. The Kier molecular flexibility index (Phi) is 8.72. The van der Waals surface area contributed by atoms with Gasteiger partial charge >= 0.3 is 0 Å². The van der Waals surface area contributed by atoms with Crippen LogP contribution in [-0.4, -0.2) is 31.2 Å². The molecule has 0 saturated carbocycles. The average Bonchev–Trinajstić information content (AvgIpc) is 3.26. The van der Waals surface area contributed by atoms with Gasteiger partial charge < -0.3 is 19.5 Å². The standard InChI is InChI=1S/C24H28N2O4S/c1-3-4-15-29-20-9-7-18(8-10-20)22-17-31-24(25-22)26-23(27)6-5-16-30-21-13-11-19(28-2)12-14-21/h7-14,17H,3-6,15-16H2,1-2H3,(H,25,26,27). The number of rotatable bonds is 12. The van der Waals surface area contributed by atoms with E-state index in [2.05, 4.69) is 17.2 Å². The number of nitrogens with one attached hydrogen (secondary N) is 1. The molecule has 164 valence electrons.